The normalized spacial score (nSPS) is 11.4. The first kappa shape index (κ1) is 13.5. The van der Waals surface area contributed by atoms with Crippen LogP contribution in [0.4, 0.5) is 0 Å². The van der Waals surface area contributed by atoms with Crippen LogP contribution in [0.3, 0.4) is 0 Å². The molecule has 3 rings (SSSR count). The largest absolute Gasteiger partial charge is 0.325 e. The zero-order chi connectivity index (χ0) is 14.3. The van der Waals surface area contributed by atoms with Gasteiger partial charge < -0.3 is 10.3 Å². The third-order valence-electron chi connectivity index (χ3n) is 3.25. The van der Waals surface area contributed by atoms with E-state index in [0.717, 1.165) is 39.0 Å². The van der Waals surface area contributed by atoms with Crippen molar-refractivity contribution in [1.29, 1.82) is 0 Å². The van der Waals surface area contributed by atoms with Gasteiger partial charge in [-0.3, -0.25) is 0 Å². The zero-order valence-electron chi connectivity index (χ0n) is 11.4. The van der Waals surface area contributed by atoms with Crippen LogP contribution in [0, 0.1) is 6.92 Å². The molecule has 2 N–H and O–H groups in total. The lowest BCUT2D eigenvalue weighted by Gasteiger charge is -2.04. The van der Waals surface area contributed by atoms with Crippen molar-refractivity contribution in [3.63, 3.8) is 0 Å². The number of aryl methyl sites for hydroxylation is 2. The van der Waals surface area contributed by atoms with Gasteiger partial charge in [-0.2, -0.15) is 0 Å². The minimum Gasteiger partial charge on any atom is -0.325 e. The molecule has 3 aromatic rings. The summed E-state index contributed by atoms with van der Waals surface area (Å²) in [7, 11) is 0. The second-order valence-electron chi connectivity index (χ2n) is 4.54. The Labute approximate surface area is 126 Å². The van der Waals surface area contributed by atoms with Gasteiger partial charge in [0.15, 0.2) is 5.82 Å². The molecule has 0 spiro atoms. The van der Waals surface area contributed by atoms with E-state index in [1.54, 1.807) is 11.3 Å². The van der Waals surface area contributed by atoms with Gasteiger partial charge in [0.2, 0.25) is 0 Å². The molecule has 0 unspecified atom stereocenters. The average molecular weight is 307 g/mol. The smallest absolute Gasteiger partial charge is 0.153 e. The molecule has 1 aromatic carbocycles. The van der Waals surface area contributed by atoms with Gasteiger partial charge in [0.25, 0.3) is 0 Å². The summed E-state index contributed by atoms with van der Waals surface area (Å²) in [5, 5.41) is 1.64. The van der Waals surface area contributed by atoms with Crippen LogP contribution >= 0.6 is 22.9 Å². The number of hydrogen-bond donors (Lipinski definition) is 1. The molecule has 0 saturated carbocycles. The second-order valence-corrected chi connectivity index (χ2v) is 6.06. The predicted molar refractivity (Wildman–Crippen MR) is 84.2 cm³/mol. The topological polar surface area (TPSA) is 56.7 Å². The van der Waals surface area contributed by atoms with Gasteiger partial charge >= 0.3 is 0 Å². The van der Waals surface area contributed by atoms with Crippen LogP contribution in [-0.2, 0) is 13.1 Å². The fraction of sp³-hybridized carbons (Fsp3) is 0.286. The summed E-state index contributed by atoms with van der Waals surface area (Å²) >= 11 is 7.66. The number of rotatable bonds is 3. The summed E-state index contributed by atoms with van der Waals surface area (Å²) in [5.41, 5.74) is 8.66. The van der Waals surface area contributed by atoms with Crippen LogP contribution in [0.15, 0.2) is 18.2 Å². The quantitative estimate of drug-likeness (QED) is 0.804. The molecule has 20 heavy (non-hydrogen) atoms. The summed E-state index contributed by atoms with van der Waals surface area (Å²) in [4.78, 5) is 10.3. The van der Waals surface area contributed by atoms with Crippen LogP contribution in [0.2, 0.25) is 5.02 Å². The lowest BCUT2D eigenvalue weighted by Crippen LogP contribution is -1.97. The minimum atomic E-state index is 0.462. The van der Waals surface area contributed by atoms with Crippen molar-refractivity contribution in [3.05, 3.63) is 33.9 Å². The molecule has 0 amide bonds. The van der Waals surface area contributed by atoms with E-state index in [4.69, 9.17) is 22.3 Å². The van der Waals surface area contributed by atoms with Crippen LogP contribution in [0.1, 0.15) is 17.6 Å². The van der Waals surface area contributed by atoms with E-state index in [0.29, 0.717) is 11.6 Å². The monoisotopic (exact) mass is 306 g/mol. The van der Waals surface area contributed by atoms with E-state index >= 15 is 0 Å². The summed E-state index contributed by atoms with van der Waals surface area (Å²) in [6.45, 7) is 5.42. The molecule has 4 nitrogen and oxygen atoms in total. The maximum atomic E-state index is 6.05. The summed E-state index contributed by atoms with van der Waals surface area (Å²) in [6.07, 6.45) is 0. The molecular formula is C14H15ClN4S. The number of nitrogens with zero attached hydrogens (tertiary/aromatic N) is 3. The van der Waals surface area contributed by atoms with Crippen molar-refractivity contribution in [2.45, 2.75) is 26.9 Å². The van der Waals surface area contributed by atoms with Crippen LogP contribution in [0.5, 0.6) is 0 Å². The van der Waals surface area contributed by atoms with E-state index in [9.17, 15) is 0 Å². The van der Waals surface area contributed by atoms with Gasteiger partial charge in [0.1, 0.15) is 5.01 Å². The highest BCUT2D eigenvalue weighted by Crippen LogP contribution is 2.32. The Balaban J connectivity index is 2.26. The summed E-state index contributed by atoms with van der Waals surface area (Å²) in [6, 6.07) is 5.80. The van der Waals surface area contributed by atoms with Crippen molar-refractivity contribution in [2.24, 2.45) is 5.73 Å². The highest BCUT2D eigenvalue weighted by atomic mass is 35.5. The molecule has 2 heterocycles. The number of fused-ring (bicyclic) bond motifs is 1. The van der Waals surface area contributed by atoms with Gasteiger partial charge in [-0.25, -0.2) is 9.97 Å². The number of thiazole rings is 1. The molecule has 0 fully saturated rings. The van der Waals surface area contributed by atoms with E-state index in [2.05, 4.69) is 16.5 Å². The lowest BCUT2D eigenvalue weighted by atomic mass is 10.3. The first-order valence-corrected chi connectivity index (χ1v) is 7.66. The molecular weight excluding hydrogens is 292 g/mol. The van der Waals surface area contributed by atoms with Crippen molar-refractivity contribution < 1.29 is 0 Å². The number of benzene rings is 1. The average Bonchev–Trinajstić information content (AvgIpc) is 2.97. The molecule has 6 heteroatoms. The second kappa shape index (κ2) is 5.16. The SMILES string of the molecule is CCn1c(-c2sc(CN)nc2C)nc2cc(Cl)ccc21. The molecule has 0 atom stereocenters. The Kier molecular flexibility index (Phi) is 3.50. The molecule has 0 aliphatic heterocycles. The van der Waals surface area contributed by atoms with Crippen molar-refractivity contribution in [1.82, 2.24) is 14.5 Å². The van der Waals surface area contributed by atoms with Crippen molar-refractivity contribution >= 4 is 34.0 Å². The van der Waals surface area contributed by atoms with Crippen LogP contribution in [-0.4, -0.2) is 14.5 Å². The number of imidazole rings is 1. The maximum absolute atomic E-state index is 6.05. The third-order valence-corrected chi connectivity index (χ3v) is 4.66. The number of halogens is 1. The minimum absolute atomic E-state index is 0.462. The van der Waals surface area contributed by atoms with E-state index in [-0.39, 0.29) is 0 Å². The zero-order valence-corrected chi connectivity index (χ0v) is 12.9. The number of nitrogens with two attached hydrogens (primary N) is 1. The molecule has 2 aromatic heterocycles. The van der Waals surface area contributed by atoms with Gasteiger partial charge in [-0.1, -0.05) is 11.6 Å². The molecule has 0 aliphatic rings. The third kappa shape index (κ3) is 2.12. The Morgan fingerprint density at radius 3 is 2.80 bits per heavy atom. The fourth-order valence-electron chi connectivity index (χ4n) is 2.34. The van der Waals surface area contributed by atoms with Crippen LogP contribution in [0.25, 0.3) is 21.7 Å². The van der Waals surface area contributed by atoms with Gasteiger partial charge in [0.05, 0.1) is 21.6 Å². The standard InChI is InChI=1S/C14H15ClN4S/c1-3-19-11-5-4-9(15)6-10(11)18-14(19)13-8(2)17-12(7-16)20-13/h4-6H,3,7,16H2,1-2H3. The van der Waals surface area contributed by atoms with Crippen LogP contribution < -0.4 is 5.73 Å². The Morgan fingerprint density at radius 1 is 1.35 bits per heavy atom. The van der Waals surface area contributed by atoms with Gasteiger partial charge in [0, 0.05) is 18.1 Å². The van der Waals surface area contributed by atoms with E-state index in [1.165, 1.54) is 0 Å². The van der Waals surface area contributed by atoms with Crippen molar-refractivity contribution in [3.8, 4) is 10.7 Å². The highest BCUT2D eigenvalue weighted by molar-refractivity contribution is 7.15. The Bertz CT molecular complexity index is 775. The van der Waals surface area contributed by atoms with Gasteiger partial charge in [-0.05, 0) is 32.0 Å². The summed E-state index contributed by atoms with van der Waals surface area (Å²) < 4.78 is 2.19. The Hall–Kier alpha value is -1.43. The van der Waals surface area contributed by atoms with Gasteiger partial charge in [-0.15, -0.1) is 11.3 Å². The lowest BCUT2D eigenvalue weighted by molar-refractivity contribution is 0.797. The highest BCUT2D eigenvalue weighted by Gasteiger charge is 2.17. The first-order chi connectivity index (χ1) is 9.63. The first-order valence-electron chi connectivity index (χ1n) is 6.46. The molecule has 104 valence electrons. The predicted octanol–water partition coefficient (Wildman–Crippen LogP) is 3.60. The van der Waals surface area contributed by atoms with E-state index < -0.39 is 0 Å². The maximum Gasteiger partial charge on any atom is 0.153 e. The number of aromatic nitrogens is 3. The number of hydrogen-bond acceptors (Lipinski definition) is 4. The summed E-state index contributed by atoms with van der Waals surface area (Å²) in [5.74, 6) is 0.944. The molecule has 0 bridgehead atoms. The molecule has 0 aliphatic carbocycles. The van der Waals surface area contributed by atoms with E-state index in [1.807, 2.05) is 25.1 Å². The molecule has 0 saturated heterocycles. The fourth-order valence-corrected chi connectivity index (χ4v) is 3.45. The molecule has 0 radical (unpaired) electrons. The van der Waals surface area contributed by atoms with Crippen molar-refractivity contribution in [2.75, 3.05) is 0 Å². The Morgan fingerprint density at radius 2 is 2.15 bits per heavy atom.